The van der Waals surface area contributed by atoms with E-state index in [1.165, 1.54) is 4.68 Å². The minimum absolute atomic E-state index is 0.219. The maximum Gasteiger partial charge on any atom is 0.314 e. The SMILES string of the molecule is CNC(=O)NCCn1[c]nnn1. The van der Waals surface area contributed by atoms with Crippen LogP contribution in [0.2, 0.25) is 0 Å². The Bertz CT molecular complexity index is 232. The zero-order chi connectivity index (χ0) is 8.81. The molecule has 7 nitrogen and oxygen atoms in total. The zero-order valence-electron chi connectivity index (χ0n) is 6.61. The first-order valence-corrected chi connectivity index (χ1v) is 3.42. The lowest BCUT2D eigenvalue weighted by molar-refractivity contribution is 0.242. The molecule has 0 aromatic carbocycles. The minimum atomic E-state index is -0.219. The Kier molecular flexibility index (Phi) is 3.00. The van der Waals surface area contributed by atoms with Crippen LogP contribution < -0.4 is 10.6 Å². The number of nitrogens with one attached hydrogen (secondary N) is 2. The molecule has 0 unspecified atom stereocenters. The van der Waals surface area contributed by atoms with Crippen molar-refractivity contribution in [3.05, 3.63) is 6.33 Å². The van der Waals surface area contributed by atoms with Gasteiger partial charge >= 0.3 is 6.03 Å². The second kappa shape index (κ2) is 4.27. The number of aromatic nitrogens is 4. The van der Waals surface area contributed by atoms with Gasteiger partial charge in [0.2, 0.25) is 6.33 Å². The van der Waals surface area contributed by atoms with Crippen LogP contribution in [0.4, 0.5) is 4.79 Å². The lowest BCUT2D eigenvalue weighted by Gasteiger charge is -2.01. The van der Waals surface area contributed by atoms with Crippen LogP contribution in [0.1, 0.15) is 0 Å². The number of nitrogens with zero attached hydrogens (tertiary/aromatic N) is 4. The van der Waals surface area contributed by atoms with Crippen LogP contribution in [0, 0.1) is 6.33 Å². The molecule has 0 aliphatic heterocycles. The van der Waals surface area contributed by atoms with Gasteiger partial charge in [-0.3, -0.25) is 0 Å². The number of carbonyl (C=O) groups excluding carboxylic acids is 1. The summed E-state index contributed by atoms with van der Waals surface area (Å²) in [7, 11) is 1.55. The van der Waals surface area contributed by atoms with Crippen LogP contribution in [0.15, 0.2) is 0 Å². The largest absolute Gasteiger partial charge is 0.341 e. The molecule has 0 saturated heterocycles. The van der Waals surface area contributed by atoms with Gasteiger partial charge in [-0.2, -0.15) is 0 Å². The van der Waals surface area contributed by atoms with Crippen molar-refractivity contribution >= 4 is 6.03 Å². The molecule has 12 heavy (non-hydrogen) atoms. The fraction of sp³-hybridized carbons (Fsp3) is 0.600. The smallest absolute Gasteiger partial charge is 0.314 e. The lowest BCUT2D eigenvalue weighted by atomic mass is 10.6. The predicted octanol–water partition coefficient (Wildman–Crippen LogP) is -1.60. The van der Waals surface area contributed by atoms with Gasteiger partial charge in [0.05, 0.1) is 6.54 Å². The number of tetrazole rings is 1. The average Bonchev–Trinajstić information content (AvgIpc) is 2.57. The van der Waals surface area contributed by atoms with Crippen LogP contribution in [0.3, 0.4) is 0 Å². The minimum Gasteiger partial charge on any atom is -0.341 e. The summed E-state index contributed by atoms with van der Waals surface area (Å²) in [6.45, 7) is 0.988. The van der Waals surface area contributed by atoms with E-state index in [2.05, 4.69) is 32.5 Å². The van der Waals surface area contributed by atoms with Gasteiger partial charge in [0.25, 0.3) is 0 Å². The molecular formula is C5H9N6O. The highest BCUT2D eigenvalue weighted by atomic mass is 16.2. The van der Waals surface area contributed by atoms with Gasteiger partial charge in [-0.15, -0.1) is 5.10 Å². The lowest BCUT2D eigenvalue weighted by Crippen LogP contribution is -2.34. The summed E-state index contributed by atoms with van der Waals surface area (Å²) in [5, 5.41) is 15.3. The van der Waals surface area contributed by atoms with Crippen LogP contribution in [0.25, 0.3) is 0 Å². The fourth-order valence-electron chi connectivity index (χ4n) is 0.618. The van der Waals surface area contributed by atoms with Crippen LogP contribution in [-0.2, 0) is 6.54 Å². The van der Waals surface area contributed by atoms with Crippen molar-refractivity contribution in [3.63, 3.8) is 0 Å². The maximum atomic E-state index is 10.6. The van der Waals surface area contributed by atoms with E-state index in [-0.39, 0.29) is 6.03 Å². The summed E-state index contributed by atoms with van der Waals surface area (Å²) in [6, 6.07) is -0.219. The topological polar surface area (TPSA) is 84.7 Å². The van der Waals surface area contributed by atoms with E-state index in [1.807, 2.05) is 0 Å². The summed E-state index contributed by atoms with van der Waals surface area (Å²) in [6.07, 6.45) is 2.50. The Labute approximate surface area is 69.1 Å². The van der Waals surface area contributed by atoms with Crippen LogP contribution in [-0.4, -0.2) is 39.8 Å². The predicted molar refractivity (Wildman–Crippen MR) is 39.1 cm³/mol. The molecule has 7 heteroatoms. The normalized spacial score (nSPS) is 9.42. The second-order valence-corrected chi connectivity index (χ2v) is 2.01. The molecule has 0 atom stereocenters. The third kappa shape index (κ3) is 2.52. The van der Waals surface area contributed by atoms with Gasteiger partial charge in [-0.25, -0.2) is 9.48 Å². The third-order valence-electron chi connectivity index (χ3n) is 1.19. The number of hydrogen-bond acceptors (Lipinski definition) is 4. The van der Waals surface area contributed by atoms with E-state index in [0.717, 1.165) is 0 Å². The summed E-state index contributed by atoms with van der Waals surface area (Å²) < 4.78 is 1.41. The van der Waals surface area contributed by atoms with Crippen LogP contribution in [0.5, 0.6) is 0 Å². The van der Waals surface area contributed by atoms with Gasteiger partial charge in [0.15, 0.2) is 0 Å². The maximum absolute atomic E-state index is 10.6. The van der Waals surface area contributed by atoms with Crippen molar-refractivity contribution in [2.75, 3.05) is 13.6 Å². The molecule has 0 saturated carbocycles. The van der Waals surface area contributed by atoms with Crippen molar-refractivity contribution in [1.29, 1.82) is 0 Å². The molecule has 1 aromatic heterocycles. The highest BCUT2D eigenvalue weighted by Gasteiger charge is 1.95. The summed E-state index contributed by atoms with van der Waals surface area (Å²) in [5.74, 6) is 0. The van der Waals surface area contributed by atoms with Gasteiger partial charge in [0, 0.05) is 13.6 Å². The molecule has 0 fully saturated rings. The first-order chi connectivity index (χ1) is 5.83. The fourth-order valence-corrected chi connectivity index (χ4v) is 0.618. The quantitative estimate of drug-likeness (QED) is 0.570. The van der Waals surface area contributed by atoms with Crippen molar-refractivity contribution in [2.45, 2.75) is 6.54 Å². The summed E-state index contributed by atoms with van der Waals surface area (Å²) in [4.78, 5) is 10.6. The van der Waals surface area contributed by atoms with E-state index in [4.69, 9.17) is 0 Å². The third-order valence-corrected chi connectivity index (χ3v) is 1.19. The molecular weight excluding hydrogens is 160 g/mol. The molecule has 0 aliphatic carbocycles. The van der Waals surface area contributed by atoms with Gasteiger partial charge < -0.3 is 10.6 Å². The Morgan fingerprint density at radius 3 is 3.08 bits per heavy atom. The molecule has 1 heterocycles. The first kappa shape index (κ1) is 8.44. The van der Waals surface area contributed by atoms with Crippen molar-refractivity contribution in [2.24, 2.45) is 0 Å². The van der Waals surface area contributed by atoms with Crippen LogP contribution >= 0.6 is 0 Å². The monoisotopic (exact) mass is 169 g/mol. The van der Waals surface area contributed by atoms with E-state index in [1.54, 1.807) is 7.05 Å². The molecule has 0 aliphatic rings. The van der Waals surface area contributed by atoms with Gasteiger partial charge in [-0.05, 0) is 10.4 Å². The summed E-state index contributed by atoms with van der Waals surface area (Å²) in [5.41, 5.74) is 0. The number of amides is 2. The number of rotatable bonds is 3. The molecule has 1 radical (unpaired) electrons. The van der Waals surface area contributed by atoms with E-state index in [9.17, 15) is 4.79 Å². The van der Waals surface area contributed by atoms with E-state index < -0.39 is 0 Å². The molecule has 1 aromatic rings. The molecule has 0 bridgehead atoms. The Balaban J connectivity index is 2.15. The molecule has 2 N–H and O–H groups in total. The second-order valence-electron chi connectivity index (χ2n) is 2.01. The Hall–Kier alpha value is -1.66. The van der Waals surface area contributed by atoms with Crippen molar-refractivity contribution in [1.82, 2.24) is 30.8 Å². The van der Waals surface area contributed by atoms with Crippen molar-refractivity contribution in [3.8, 4) is 0 Å². The molecule has 0 spiro atoms. The molecule has 1 rings (SSSR count). The zero-order valence-corrected chi connectivity index (χ0v) is 6.61. The number of urea groups is 1. The van der Waals surface area contributed by atoms with E-state index >= 15 is 0 Å². The van der Waals surface area contributed by atoms with Crippen molar-refractivity contribution < 1.29 is 4.79 Å². The van der Waals surface area contributed by atoms with E-state index in [0.29, 0.717) is 13.1 Å². The Morgan fingerprint density at radius 2 is 2.50 bits per heavy atom. The average molecular weight is 169 g/mol. The molecule has 2 amide bonds. The molecule has 65 valence electrons. The first-order valence-electron chi connectivity index (χ1n) is 3.42. The van der Waals surface area contributed by atoms with Gasteiger partial charge in [-0.1, -0.05) is 0 Å². The standard InChI is InChI=1S/C5H9N6O/c1-6-5(12)7-2-3-11-4-8-9-10-11/h2-3H2,1H3,(H2,6,7,12). The summed E-state index contributed by atoms with van der Waals surface area (Å²) >= 11 is 0. The Morgan fingerprint density at radius 1 is 1.67 bits per heavy atom. The van der Waals surface area contributed by atoms with Gasteiger partial charge in [0.1, 0.15) is 0 Å². The highest BCUT2D eigenvalue weighted by molar-refractivity contribution is 5.73. The number of carbonyl (C=O) groups is 1. The number of hydrogen-bond donors (Lipinski definition) is 2. The highest BCUT2D eigenvalue weighted by Crippen LogP contribution is 1.73.